The topological polar surface area (TPSA) is 51.0 Å². The number of rotatable bonds is 6. The molecule has 0 radical (unpaired) electrons. The van der Waals surface area contributed by atoms with Gasteiger partial charge < -0.3 is 9.47 Å². The summed E-state index contributed by atoms with van der Waals surface area (Å²) in [5.74, 6) is 1.98. The molecular weight excluding hydrogens is 399 g/mol. The van der Waals surface area contributed by atoms with Crippen molar-refractivity contribution in [2.75, 3.05) is 13.1 Å². The second-order valence-electron chi connectivity index (χ2n) is 7.63. The fourth-order valence-electron chi connectivity index (χ4n) is 3.81. The Balaban J connectivity index is 1.31. The first-order valence-electron chi connectivity index (χ1n) is 10.2. The lowest BCUT2D eigenvalue weighted by Crippen LogP contribution is -2.39. The van der Waals surface area contributed by atoms with Crippen molar-refractivity contribution < 1.29 is 9.18 Å². The standard InChI is InChI=1S/C23H25FN4OS/c1-27-22(25-26-23(27)30-16-18-5-3-2-4-6-18)19-11-13-28(14-12-19)21(29)15-17-7-9-20(24)10-8-17/h2-10,19H,11-16H2,1H3. The van der Waals surface area contributed by atoms with Gasteiger partial charge in [0.15, 0.2) is 5.16 Å². The van der Waals surface area contributed by atoms with Crippen LogP contribution in [0.4, 0.5) is 4.39 Å². The number of likely N-dealkylation sites (tertiary alicyclic amines) is 1. The lowest BCUT2D eigenvalue weighted by atomic mass is 9.95. The molecule has 1 amide bonds. The van der Waals surface area contributed by atoms with E-state index in [0.717, 1.165) is 35.1 Å². The Kier molecular flexibility index (Phi) is 6.47. The van der Waals surface area contributed by atoms with Gasteiger partial charge in [-0.05, 0) is 36.1 Å². The molecule has 1 aliphatic heterocycles. The van der Waals surface area contributed by atoms with E-state index >= 15 is 0 Å². The van der Waals surface area contributed by atoms with Crippen LogP contribution in [-0.2, 0) is 24.0 Å². The smallest absolute Gasteiger partial charge is 0.226 e. The molecule has 1 saturated heterocycles. The Morgan fingerprint density at radius 1 is 1.03 bits per heavy atom. The van der Waals surface area contributed by atoms with Crippen LogP contribution in [0.3, 0.4) is 0 Å². The van der Waals surface area contributed by atoms with Crippen molar-refractivity contribution in [1.29, 1.82) is 0 Å². The van der Waals surface area contributed by atoms with Crippen LogP contribution in [0.1, 0.15) is 35.7 Å². The summed E-state index contributed by atoms with van der Waals surface area (Å²) < 4.78 is 15.1. The summed E-state index contributed by atoms with van der Waals surface area (Å²) in [6.07, 6.45) is 2.07. The molecule has 0 bridgehead atoms. The molecule has 156 valence electrons. The molecule has 2 heterocycles. The Labute approximate surface area is 180 Å². The minimum Gasteiger partial charge on any atom is -0.342 e. The van der Waals surface area contributed by atoms with Crippen LogP contribution in [0.15, 0.2) is 59.8 Å². The average Bonchev–Trinajstić information content (AvgIpc) is 3.15. The molecule has 1 fully saturated rings. The van der Waals surface area contributed by atoms with Crippen LogP contribution in [-0.4, -0.2) is 38.7 Å². The zero-order valence-electron chi connectivity index (χ0n) is 17.0. The number of carbonyl (C=O) groups excluding carboxylic acids is 1. The number of halogens is 1. The molecule has 1 aromatic heterocycles. The monoisotopic (exact) mass is 424 g/mol. The van der Waals surface area contributed by atoms with E-state index in [1.54, 1.807) is 23.9 Å². The summed E-state index contributed by atoms with van der Waals surface area (Å²) in [7, 11) is 2.02. The summed E-state index contributed by atoms with van der Waals surface area (Å²) in [4.78, 5) is 14.5. The van der Waals surface area contributed by atoms with Gasteiger partial charge in [-0.15, -0.1) is 10.2 Å². The summed E-state index contributed by atoms with van der Waals surface area (Å²) in [6, 6.07) is 16.5. The Bertz CT molecular complexity index is 982. The van der Waals surface area contributed by atoms with Crippen molar-refractivity contribution in [3.63, 3.8) is 0 Å². The van der Waals surface area contributed by atoms with Crippen molar-refractivity contribution in [3.8, 4) is 0 Å². The van der Waals surface area contributed by atoms with Gasteiger partial charge in [0.1, 0.15) is 11.6 Å². The fourth-order valence-corrected chi connectivity index (χ4v) is 4.68. The number of thioether (sulfide) groups is 1. The molecule has 5 nitrogen and oxygen atoms in total. The average molecular weight is 425 g/mol. The first-order valence-corrected chi connectivity index (χ1v) is 11.2. The van der Waals surface area contributed by atoms with Crippen LogP contribution < -0.4 is 0 Å². The molecule has 2 aromatic carbocycles. The number of hydrogen-bond acceptors (Lipinski definition) is 4. The lowest BCUT2D eigenvalue weighted by Gasteiger charge is -2.31. The minimum atomic E-state index is -0.281. The van der Waals surface area contributed by atoms with Crippen molar-refractivity contribution in [3.05, 3.63) is 77.4 Å². The fraction of sp³-hybridized carbons (Fsp3) is 0.348. The molecule has 0 spiro atoms. The predicted molar refractivity (Wildman–Crippen MR) is 116 cm³/mol. The van der Waals surface area contributed by atoms with E-state index in [9.17, 15) is 9.18 Å². The summed E-state index contributed by atoms with van der Waals surface area (Å²) >= 11 is 1.69. The van der Waals surface area contributed by atoms with Crippen LogP contribution in [0.25, 0.3) is 0 Å². The molecule has 1 aliphatic rings. The van der Waals surface area contributed by atoms with E-state index in [1.807, 2.05) is 30.1 Å². The maximum Gasteiger partial charge on any atom is 0.226 e. The maximum absolute atomic E-state index is 13.0. The van der Waals surface area contributed by atoms with Gasteiger partial charge in [-0.25, -0.2) is 4.39 Å². The van der Waals surface area contributed by atoms with Gasteiger partial charge in [-0.3, -0.25) is 4.79 Å². The van der Waals surface area contributed by atoms with Gasteiger partial charge in [0.05, 0.1) is 6.42 Å². The maximum atomic E-state index is 13.0. The largest absolute Gasteiger partial charge is 0.342 e. The molecule has 0 aliphatic carbocycles. The van der Waals surface area contributed by atoms with Crippen molar-refractivity contribution in [2.24, 2.45) is 7.05 Å². The molecule has 0 saturated carbocycles. The van der Waals surface area contributed by atoms with Crippen LogP contribution >= 0.6 is 11.8 Å². The zero-order chi connectivity index (χ0) is 20.9. The highest BCUT2D eigenvalue weighted by molar-refractivity contribution is 7.98. The van der Waals surface area contributed by atoms with E-state index in [2.05, 4.69) is 26.9 Å². The minimum absolute atomic E-state index is 0.0946. The van der Waals surface area contributed by atoms with Crippen LogP contribution in [0.2, 0.25) is 0 Å². The van der Waals surface area contributed by atoms with E-state index in [-0.39, 0.29) is 11.7 Å². The first kappa shape index (κ1) is 20.6. The zero-order valence-corrected chi connectivity index (χ0v) is 17.8. The highest BCUT2D eigenvalue weighted by Gasteiger charge is 2.27. The number of benzene rings is 2. The quantitative estimate of drug-likeness (QED) is 0.557. The van der Waals surface area contributed by atoms with Crippen LogP contribution in [0, 0.1) is 5.82 Å². The van der Waals surface area contributed by atoms with Crippen molar-refractivity contribution in [1.82, 2.24) is 19.7 Å². The number of carbonyl (C=O) groups is 1. The number of amides is 1. The molecular formula is C23H25FN4OS. The Morgan fingerprint density at radius 3 is 2.43 bits per heavy atom. The van der Waals surface area contributed by atoms with Crippen LogP contribution in [0.5, 0.6) is 0 Å². The Hall–Kier alpha value is -2.67. The predicted octanol–water partition coefficient (Wildman–Crippen LogP) is 4.20. The number of aromatic nitrogens is 3. The highest BCUT2D eigenvalue weighted by Crippen LogP contribution is 2.30. The molecule has 4 rings (SSSR count). The number of hydrogen-bond donors (Lipinski definition) is 0. The van der Waals surface area contributed by atoms with Gasteiger partial charge in [0.2, 0.25) is 5.91 Å². The molecule has 0 N–H and O–H groups in total. The van der Waals surface area contributed by atoms with Crippen molar-refractivity contribution >= 4 is 17.7 Å². The molecule has 30 heavy (non-hydrogen) atoms. The third-order valence-electron chi connectivity index (χ3n) is 5.56. The lowest BCUT2D eigenvalue weighted by molar-refractivity contribution is -0.131. The van der Waals surface area contributed by atoms with E-state index in [4.69, 9.17) is 0 Å². The molecule has 0 atom stereocenters. The normalized spacial score (nSPS) is 14.8. The van der Waals surface area contributed by atoms with Gasteiger partial charge in [-0.2, -0.15) is 0 Å². The Morgan fingerprint density at radius 2 is 1.73 bits per heavy atom. The van der Waals surface area contributed by atoms with E-state index < -0.39 is 0 Å². The summed E-state index contributed by atoms with van der Waals surface area (Å²) in [6.45, 7) is 1.42. The van der Waals surface area contributed by atoms with Crippen molar-refractivity contribution in [2.45, 2.75) is 36.1 Å². The molecule has 3 aromatic rings. The third-order valence-corrected chi connectivity index (χ3v) is 6.65. The van der Waals surface area contributed by atoms with Gasteiger partial charge >= 0.3 is 0 Å². The second-order valence-corrected chi connectivity index (χ2v) is 8.57. The number of nitrogens with zero attached hydrogens (tertiary/aromatic N) is 4. The second kappa shape index (κ2) is 9.43. The first-order chi connectivity index (χ1) is 14.6. The van der Waals surface area contributed by atoms with Gasteiger partial charge in [0.25, 0.3) is 0 Å². The van der Waals surface area contributed by atoms with Gasteiger partial charge in [-0.1, -0.05) is 54.2 Å². The summed E-state index contributed by atoms with van der Waals surface area (Å²) in [5, 5.41) is 9.76. The third kappa shape index (κ3) is 4.90. The summed E-state index contributed by atoms with van der Waals surface area (Å²) in [5.41, 5.74) is 2.11. The SMILES string of the molecule is Cn1c(SCc2ccccc2)nnc1C1CCN(C(=O)Cc2ccc(F)cc2)CC1. The molecule has 7 heteroatoms. The number of piperidine rings is 1. The van der Waals surface area contributed by atoms with E-state index in [1.165, 1.54) is 17.7 Å². The highest BCUT2D eigenvalue weighted by atomic mass is 32.2. The molecule has 0 unspecified atom stereocenters. The van der Waals surface area contributed by atoms with E-state index in [0.29, 0.717) is 25.4 Å². The van der Waals surface area contributed by atoms with Gasteiger partial charge in [0, 0.05) is 31.8 Å².